The third kappa shape index (κ3) is 4.57. The molecule has 2 aliphatic rings. The summed E-state index contributed by atoms with van der Waals surface area (Å²) in [6.45, 7) is 5.26. The molecule has 1 aromatic carbocycles. The molecule has 5 nitrogen and oxygen atoms in total. The molecule has 2 amide bonds. The minimum absolute atomic E-state index is 0.0684. The van der Waals surface area contributed by atoms with Gasteiger partial charge in [-0.05, 0) is 48.3 Å². The maximum absolute atomic E-state index is 12.7. The first-order valence-corrected chi connectivity index (χ1v) is 9.52. The highest BCUT2D eigenvalue weighted by Gasteiger charge is 2.33. The number of nitrogens with zero attached hydrogens (tertiary/aromatic N) is 2. The van der Waals surface area contributed by atoms with E-state index in [9.17, 15) is 9.59 Å². The number of rotatable bonds is 6. The van der Waals surface area contributed by atoms with E-state index in [1.165, 1.54) is 4.90 Å². The third-order valence-corrected chi connectivity index (χ3v) is 4.86. The van der Waals surface area contributed by atoms with Gasteiger partial charge in [0.05, 0.1) is 18.2 Å². The fourth-order valence-corrected chi connectivity index (χ4v) is 3.21. The number of benzene rings is 1. The zero-order valence-corrected chi connectivity index (χ0v) is 16.3. The van der Waals surface area contributed by atoms with Gasteiger partial charge in [-0.25, -0.2) is 4.99 Å². The van der Waals surface area contributed by atoms with E-state index in [4.69, 9.17) is 12.2 Å². The highest BCUT2D eigenvalue weighted by molar-refractivity contribution is 7.80. The molecule has 1 unspecified atom stereocenters. The summed E-state index contributed by atoms with van der Waals surface area (Å²) in [6.07, 6.45) is 8.30. The summed E-state index contributed by atoms with van der Waals surface area (Å²) < 4.78 is 0. The van der Waals surface area contributed by atoms with Crippen molar-refractivity contribution in [1.82, 2.24) is 10.2 Å². The van der Waals surface area contributed by atoms with E-state index in [2.05, 4.69) is 24.2 Å². The summed E-state index contributed by atoms with van der Waals surface area (Å²) in [7, 11) is 0. The van der Waals surface area contributed by atoms with E-state index >= 15 is 0 Å². The quantitative estimate of drug-likeness (QED) is 0.770. The number of aliphatic imine (C=N–C) groups is 1. The van der Waals surface area contributed by atoms with Crippen molar-refractivity contribution in [1.29, 1.82) is 0 Å². The summed E-state index contributed by atoms with van der Waals surface area (Å²) in [6, 6.07) is 7.25. The molecule has 1 heterocycles. The second-order valence-electron chi connectivity index (χ2n) is 7.10. The van der Waals surface area contributed by atoms with Gasteiger partial charge in [0.2, 0.25) is 11.0 Å². The molecular weight excluding hydrogens is 358 g/mol. The number of thiocarbonyl (C=S) groups is 1. The average Bonchev–Trinajstić information content (AvgIpc) is 2.65. The highest BCUT2D eigenvalue weighted by Crippen LogP contribution is 2.21. The van der Waals surface area contributed by atoms with Gasteiger partial charge in [-0.15, -0.1) is 0 Å². The van der Waals surface area contributed by atoms with Crippen LogP contribution in [0.15, 0.2) is 53.6 Å². The first-order chi connectivity index (χ1) is 13.0. The van der Waals surface area contributed by atoms with E-state index in [0.29, 0.717) is 30.3 Å². The van der Waals surface area contributed by atoms with Crippen molar-refractivity contribution >= 4 is 34.9 Å². The number of allylic oxidation sites excluding steroid dienone is 3. The zero-order chi connectivity index (χ0) is 19.4. The fraction of sp³-hybridized carbons (Fsp3) is 0.333. The Morgan fingerprint density at radius 1 is 1.26 bits per heavy atom. The maximum atomic E-state index is 12.7. The van der Waals surface area contributed by atoms with Crippen molar-refractivity contribution in [3.8, 4) is 0 Å². The van der Waals surface area contributed by atoms with E-state index in [1.54, 1.807) is 12.1 Å². The van der Waals surface area contributed by atoms with E-state index in [0.717, 1.165) is 12.0 Å². The SMILES string of the molecule is CC(C)CCNC(=O)c1ccc(CN2C(=O)C3C=CC=CC3=NC2=S)cc1. The molecule has 3 rings (SSSR count). The Balaban J connectivity index is 1.64. The number of hydrogen-bond donors (Lipinski definition) is 1. The minimum Gasteiger partial charge on any atom is -0.352 e. The van der Waals surface area contributed by atoms with Crippen LogP contribution in [0.5, 0.6) is 0 Å². The van der Waals surface area contributed by atoms with Crippen LogP contribution in [-0.4, -0.2) is 34.1 Å². The second kappa shape index (κ2) is 8.39. The lowest BCUT2D eigenvalue weighted by Gasteiger charge is -2.30. The van der Waals surface area contributed by atoms with E-state index in [1.807, 2.05) is 36.4 Å². The van der Waals surface area contributed by atoms with Gasteiger partial charge < -0.3 is 5.32 Å². The lowest BCUT2D eigenvalue weighted by atomic mass is 9.95. The minimum atomic E-state index is -0.368. The summed E-state index contributed by atoms with van der Waals surface area (Å²) in [5.74, 6) is 0.0326. The Bertz CT molecular complexity index is 837. The molecule has 0 saturated heterocycles. The summed E-state index contributed by atoms with van der Waals surface area (Å²) in [5, 5.41) is 3.20. The molecule has 0 saturated carbocycles. The Labute approximate surface area is 164 Å². The van der Waals surface area contributed by atoms with Crippen LogP contribution in [0, 0.1) is 11.8 Å². The van der Waals surface area contributed by atoms with Gasteiger partial charge in [0.25, 0.3) is 5.91 Å². The van der Waals surface area contributed by atoms with Gasteiger partial charge in [0.15, 0.2) is 0 Å². The molecule has 1 atom stereocenters. The molecule has 1 aliphatic heterocycles. The van der Waals surface area contributed by atoms with Crippen molar-refractivity contribution in [2.45, 2.75) is 26.8 Å². The Morgan fingerprint density at radius 3 is 2.70 bits per heavy atom. The van der Waals surface area contributed by atoms with E-state index in [-0.39, 0.29) is 22.8 Å². The average molecular weight is 382 g/mol. The fourth-order valence-electron chi connectivity index (χ4n) is 2.95. The van der Waals surface area contributed by atoms with Crippen molar-refractivity contribution in [3.05, 3.63) is 59.7 Å². The highest BCUT2D eigenvalue weighted by atomic mass is 32.1. The Kier molecular flexibility index (Phi) is 5.96. The Hall–Kier alpha value is -2.60. The van der Waals surface area contributed by atoms with Crippen molar-refractivity contribution in [2.75, 3.05) is 6.54 Å². The summed E-state index contributed by atoms with van der Waals surface area (Å²) >= 11 is 5.30. The molecule has 1 aliphatic carbocycles. The topological polar surface area (TPSA) is 61.8 Å². The number of carbonyl (C=O) groups is 2. The molecule has 0 spiro atoms. The van der Waals surface area contributed by atoms with Crippen molar-refractivity contribution in [3.63, 3.8) is 0 Å². The van der Waals surface area contributed by atoms with Gasteiger partial charge in [0, 0.05) is 12.1 Å². The first-order valence-electron chi connectivity index (χ1n) is 9.11. The molecule has 6 heteroatoms. The van der Waals surface area contributed by atoms with Gasteiger partial charge in [-0.2, -0.15) is 0 Å². The van der Waals surface area contributed by atoms with Gasteiger partial charge >= 0.3 is 0 Å². The summed E-state index contributed by atoms with van der Waals surface area (Å²) in [4.78, 5) is 30.8. The largest absolute Gasteiger partial charge is 0.352 e. The zero-order valence-electron chi connectivity index (χ0n) is 15.5. The van der Waals surface area contributed by atoms with Gasteiger partial charge in [0.1, 0.15) is 0 Å². The molecule has 0 bridgehead atoms. The van der Waals surface area contributed by atoms with Crippen LogP contribution < -0.4 is 5.32 Å². The van der Waals surface area contributed by atoms with Gasteiger partial charge in [-0.1, -0.05) is 44.2 Å². The number of carbonyl (C=O) groups excluding carboxylic acids is 2. The Morgan fingerprint density at radius 2 is 2.00 bits per heavy atom. The maximum Gasteiger partial charge on any atom is 0.251 e. The predicted octanol–water partition coefficient (Wildman–Crippen LogP) is 3.27. The molecule has 1 aromatic rings. The van der Waals surface area contributed by atoms with Crippen LogP contribution in [0.2, 0.25) is 0 Å². The molecule has 1 N–H and O–H groups in total. The van der Waals surface area contributed by atoms with Crippen LogP contribution in [0.1, 0.15) is 36.2 Å². The van der Waals surface area contributed by atoms with Crippen LogP contribution >= 0.6 is 12.2 Å². The number of amides is 2. The molecule has 140 valence electrons. The van der Waals surface area contributed by atoms with Crippen LogP contribution in [0.4, 0.5) is 0 Å². The summed E-state index contributed by atoms with van der Waals surface area (Å²) in [5.41, 5.74) is 2.20. The molecule has 0 radical (unpaired) electrons. The normalized spacial score (nSPS) is 18.6. The molecule has 0 aromatic heterocycles. The third-order valence-electron chi connectivity index (χ3n) is 4.55. The van der Waals surface area contributed by atoms with Crippen molar-refractivity contribution in [2.24, 2.45) is 16.8 Å². The first kappa shape index (κ1) is 19.2. The second-order valence-corrected chi connectivity index (χ2v) is 7.47. The van der Waals surface area contributed by atoms with Gasteiger partial charge in [-0.3, -0.25) is 14.5 Å². The molecule has 27 heavy (non-hydrogen) atoms. The number of nitrogens with one attached hydrogen (secondary N) is 1. The smallest absolute Gasteiger partial charge is 0.251 e. The van der Waals surface area contributed by atoms with Crippen LogP contribution in [-0.2, 0) is 11.3 Å². The lowest BCUT2D eigenvalue weighted by Crippen LogP contribution is -2.45. The predicted molar refractivity (Wildman–Crippen MR) is 111 cm³/mol. The molecule has 0 fully saturated rings. The lowest BCUT2D eigenvalue weighted by molar-refractivity contribution is -0.128. The van der Waals surface area contributed by atoms with Crippen molar-refractivity contribution < 1.29 is 9.59 Å². The van der Waals surface area contributed by atoms with Crippen LogP contribution in [0.3, 0.4) is 0 Å². The number of fused-ring (bicyclic) bond motifs is 1. The van der Waals surface area contributed by atoms with E-state index < -0.39 is 0 Å². The molecular formula is C21H23N3O2S. The van der Waals surface area contributed by atoms with Crippen LogP contribution in [0.25, 0.3) is 0 Å². The monoisotopic (exact) mass is 381 g/mol. The standard InChI is InChI=1S/C21H23N3O2S/c1-14(2)11-12-22-19(25)16-9-7-15(8-10-16)13-24-20(26)17-5-3-4-6-18(17)23-21(24)27/h3-10,14,17H,11-13H2,1-2H3,(H,22,25). The number of hydrogen-bond acceptors (Lipinski definition) is 3.